The third-order valence-electron chi connectivity index (χ3n) is 5.28. The summed E-state index contributed by atoms with van der Waals surface area (Å²) >= 11 is 0. The Morgan fingerprint density at radius 3 is 2.42 bits per heavy atom. The van der Waals surface area contributed by atoms with Crippen LogP contribution in [-0.2, 0) is 11.2 Å². The number of aliphatic hydroxyl groups excluding tert-OH is 5. The van der Waals surface area contributed by atoms with Gasteiger partial charge < -0.3 is 39.6 Å². The fourth-order valence-corrected chi connectivity index (χ4v) is 3.21. The van der Waals surface area contributed by atoms with Crippen LogP contribution in [0.2, 0.25) is 0 Å². The molecule has 4 atom stereocenters. The average Bonchev–Trinajstić information content (AvgIpc) is 2.78. The lowest BCUT2D eigenvalue weighted by atomic mass is 10.0. The first-order valence-electron chi connectivity index (χ1n) is 10.4. The number of amides is 1. The van der Waals surface area contributed by atoms with Gasteiger partial charge in [-0.15, -0.1) is 0 Å². The second kappa shape index (κ2) is 11.4. The highest BCUT2D eigenvalue weighted by atomic mass is 16.5. The van der Waals surface area contributed by atoms with Crippen LogP contribution in [0.25, 0.3) is 11.0 Å². The maximum absolute atomic E-state index is 12.6. The van der Waals surface area contributed by atoms with Crippen molar-refractivity contribution in [2.45, 2.75) is 44.7 Å². The molecule has 0 unspecified atom stereocenters. The standard InChI is InChI=1S/C23H31NO9/c1-12(2)11-32-14-5-6-15-13(3)16(23(31)33-19(15)7-14)8-20(28)24(4)9-17(26)21(29)22(30)18(27)10-25/h5-7,17-18,21-22,25-27,29-30H,1,8-11H2,2-4H3/t17-,18-,21-,22+/m1/s1. The van der Waals surface area contributed by atoms with Crippen molar-refractivity contribution < 1.29 is 39.5 Å². The van der Waals surface area contributed by atoms with Gasteiger partial charge in [-0.25, -0.2) is 4.79 Å². The van der Waals surface area contributed by atoms with E-state index in [1.165, 1.54) is 7.05 Å². The molecule has 1 aromatic heterocycles. The summed E-state index contributed by atoms with van der Waals surface area (Å²) < 4.78 is 11.0. The van der Waals surface area contributed by atoms with Gasteiger partial charge in [0.2, 0.25) is 5.91 Å². The molecule has 10 heteroatoms. The Bertz CT molecular complexity index is 1050. The molecular weight excluding hydrogens is 434 g/mol. The summed E-state index contributed by atoms with van der Waals surface area (Å²) in [5, 5.41) is 48.6. The van der Waals surface area contributed by atoms with Crippen molar-refractivity contribution in [2.75, 3.05) is 26.8 Å². The Balaban J connectivity index is 2.15. The molecule has 0 fully saturated rings. The van der Waals surface area contributed by atoms with Crippen molar-refractivity contribution in [3.05, 3.63) is 51.9 Å². The van der Waals surface area contributed by atoms with Crippen LogP contribution in [0.3, 0.4) is 0 Å². The average molecular weight is 465 g/mol. The molecule has 0 aliphatic rings. The highest BCUT2D eigenvalue weighted by Gasteiger charge is 2.31. The van der Waals surface area contributed by atoms with Crippen LogP contribution in [-0.4, -0.2) is 87.6 Å². The first-order chi connectivity index (χ1) is 15.5. The van der Waals surface area contributed by atoms with Gasteiger partial charge in [-0.3, -0.25) is 4.79 Å². The lowest BCUT2D eigenvalue weighted by Crippen LogP contribution is -2.50. The minimum absolute atomic E-state index is 0.153. The molecule has 182 valence electrons. The molecule has 0 saturated carbocycles. The fourth-order valence-electron chi connectivity index (χ4n) is 3.21. The van der Waals surface area contributed by atoms with Crippen molar-refractivity contribution in [3.8, 4) is 5.75 Å². The molecule has 0 aliphatic carbocycles. The summed E-state index contributed by atoms with van der Waals surface area (Å²) in [6, 6.07) is 5.04. The summed E-state index contributed by atoms with van der Waals surface area (Å²) in [4.78, 5) is 26.3. The van der Waals surface area contributed by atoms with Gasteiger partial charge in [0.05, 0.1) is 18.6 Å². The van der Waals surface area contributed by atoms with Crippen LogP contribution >= 0.6 is 0 Å². The lowest BCUT2D eigenvalue weighted by molar-refractivity contribution is -0.137. The van der Waals surface area contributed by atoms with Crippen LogP contribution in [0.5, 0.6) is 5.75 Å². The molecular formula is C23H31NO9. The van der Waals surface area contributed by atoms with Crippen molar-refractivity contribution >= 4 is 16.9 Å². The van der Waals surface area contributed by atoms with Gasteiger partial charge >= 0.3 is 5.63 Å². The highest BCUT2D eigenvalue weighted by Crippen LogP contribution is 2.25. The number of hydrogen-bond donors (Lipinski definition) is 5. The van der Waals surface area contributed by atoms with Gasteiger partial charge in [0.1, 0.15) is 42.4 Å². The topological polar surface area (TPSA) is 161 Å². The van der Waals surface area contributed by atoms with Crippen LogP contribution in [0, 0.1) is 6.92 Å². The summed E-state index contributed by atoms with van der Waals surface area (Å²) in [5.74, 6) is -0.0210. The predicted molar refractivity (Wildman–Crippen MR) is 120 cm³/mol. The number of carbonyl (C=O) groups is 1. The fraction of sp³-hybridized carbons (Fsp3) is 0.478. The number of hydrogen-bond acceptors (Lipinski definition) is 9. The molecule has 0 saturated heterocycles. The number of aliphatic hydroxyl groups is 5. The Kier molecular flexibility index (Phi) is 9.15. The maximum Gasteiger partial charge on any atom is 0.340 e. The third kappa shape index (κ3) is 6.62. The minimum Gasteiger partial charge on any atom is -0.489 e. The molecule has 1 heterocycles. The summed E-state index contributed by atoms with van der Waals surface area (Å²) in [7, 11) is 1.36. The van der Waals surface area contributed by atoms with E-state index in [1.54, 1.807) is 25.1 Å². The number of carbonyl (C=O) groups excluding carboxylic acids is 1. The first-order valence-corrected chi connectivity index (χ1v) is 10.4. The zero-order chi connectivity index (χ0) is 24.9. The smallest absolute Gasteiger partial charge is 0.340 e. The number of rotatable bonds is 11. The van der Waals surface area contributed by atoms with E-state index in [1.807, 2.05) is 6.92 Å². The monoisotopic (exact) mass is 465 g/mol. The van der Waals surface area contributed by atoms with Gasteiger partial charge in [0, 0.05) is 25.0 Å². The van der Waals surface area contributed by atoms with E-state index in [2.05, 4.69) is 6.58 Å². The normalized spacial score (nSPS) is 15.0. The Morgan fingerprint density at radius 1 is 1.18 bits per heavy atom. The van der Waals surface area contributed by atoms with Crippen molar-refractivity contribution in [1.29, 1.82) is 0 Å². The maximum atomic E-state index is 12.6. The molecule has 0 radical (unpaired) electrons. The van der Waals surface area contributed by atoms with E-state index in [0.29, 0.717) is 28.9 Å². The quantitative estimate of drug-likeness (QED) is 0.217. The lowest BCUT2D eigenvalue weighted by Gasteiger charge is -2.28. The number of ether oxygens (including phenoxy) is 1. The second-order valence-electron chi connectivity index (χ2n) is 8.15. The molecule has 5 N–H and O–H groups in total. The number of likely N-dealkylation sites (N-methyl/N-ethyl adjacent to an activating group) is 1. The zero-order valence-corrected chi connectivity index (χ0v) is 18.9. The molecule has 1 amide bonds. The SMILES string of the molecule is C=C(C)COc1ccc2c(C)c(CC(=O)N(C)C[C@@H](O)[C@@H](O)[C@@H](O)[C@H](O)CO)c(=O)oc2c1. The van der Waals surface area contributed by atoms with E-state index >= 15 is 0 Å². The first kappa shape index (κ1) is 26.5. The number of fused-ring (bicyclic) bond motifs is 1. The van der Waals surface area contributed by atoms with Crippen LogP contribution < -0.4 is 10.4 Å². The molecule has 2 rings (SSSR count). The van der Waals surface area contributed by atoms with Crippen LogP contribution in [0.1, 0.15) is 18.1 Å². The Hall–Kier alpha value is -2.76. The van der Waals surface area contributed by atoms with Crippen molar-refractivity contribution in [1.82, 2.24) is 4.90 Å². The van der Waals surface area contributed by atoms with E-state index in [0.717, 1.165) is 10.5 Å². The summed E-state index contributed by atoms with van der Waals surface area (Å²) in [6.45, 7) is 6.42. The molecule has 0 aliphatic heterocycles. The number of benzene rings is 1. The van der Waals surface area contributed by atoms with Gasteiger partial charge in [0.25, 0.3) is 0 Å². The van der Waals surface area contributed by atoms with Crippen molar-refractivity contribution in [2.24, 2.45) is 0 Å². The van der Waals surface area contributed by atoms with Gasteiger partial charge in [0.15, 0.2) is 0 Å². The van der Waals surface area contributed by atoms with Gasteiger partial charge in [-0.2, -0.15) is 0 Å². The summed E-state index contributed by atoms with van der Waals surface area (Å²) in [5.41, 5.74) is 1.19. The zero-order valence-electron chi connectivity index (χ0n) is 18.9. The number of aryl methyl sites for hydroxylation is 1. The van der Waals surface area contributed by atoms with Crippen LogP contribution in [0.4, 0.5) is 0 Å². The van der Waals surface area contributed by atoms with Gasteiger partial charge in [-0.05, 0) is 37.1 Å². The predicted octanol–water partition coefficient (Wildman–Crippen LogP) is -0.507. The van der Waals surface area contributed by atoms with E-state index < -0.39 is 42.6 Å². The van der Waals surface area contributed by atoms with Crippen molar-refractivity contribution in [3.63, 3.8) is 0 Å². The van der Waals surface area contributed by atoms with E-state index in [4.69, 9.17) is 14.3 Å². The largest absolute Gasteiger partial charge is 0.489 e. The second-order valence-corrected chi connectivity index (χ2v) is 8.15. The third-order valence-corrected chi connectivity index (χ3v) is 5.28. The van der Waals surface area contributed by atoms with E-state index in [9.17, 15) is 30.0 Å². The molecule has 33 heavy (non-hydrogen) atoms. The highest BCUT2D eigenvalue weighted by molar-refractivity contribution is 5.85. The Morgan fingerprint density at radius 2 is 1.82 bits per heavy atom. The number of nitrogens with zero attached hydrogens (tertiary/aromatic N) is 1. The Labute approximate surface area is 191 Å². The molecule has 0 spiro atoms. The molecule has 10 nitrogen and oxygen atoms in total. The molecule has 2 aromatic rings. The summed E-state index contributed by atoms with van der Waals surface area (Å²) in [6.07, 6.45) is -7.14. The van der Waals surface area contributed by atoms with Gasteiger partial charge in [-0.1, -0.05) is 6.58 Å². The van der Waals surface area contributed by atoms with Crippen LogP contribution in [0.15, 0.2) is 39.6 Å². The molecule has 1 aromatic carbocycles. The van der Waals surface area contributed by atoms with E-state index in [-0.39, 0.29) is 18.5 Å². The molecule has 0 bridgehead atoms. The minimum atomic E-state index is -1.80.